The first-order valence-corrected chi connectivity index (χ1v) is 5.64. The van der Waals surface area contributed by atoms with Gasteiger partial charge in [-0.15, -0.1) is 5.10 Å². The summed E-state index contributed by atoms with van der Waals surface area (Å²) in [6, 6.07) is 0. The Labute approximate surface area is 104 Å². The highest BCUT2D eigenvalue weighted by Gasteiger charge is 2.17. The van der Waals surface area contributed by atoms with E-state index in [1.807, 2.05) is 0 Å². The monoisotopic (exact) mass is 256 g/mol. The van der Waals surface area contributed by atoms with Crippen molar-refractivity contribution < 1.29 is 14.8 Å². The van der Waals surface area contributed by atoms with Crippen molar-refractivity contribution in [1.29, 1.82) is 0 Å². The number of aliphatic carboxylic acids is 1. The molecule has 0 aliphatic carbocycles. The topological polar surface area (TPSA) is 110 Å². The summed E-state index contributed by atoms with van der Waals surface area (Å²) in [7, 11) is 1.62. The standard InChI is InChI=1S/C10H16N4O4/c1-13-7-8(14(17)18)10(12-13)11-6-4-2-3-5-9(15)16/h7H,2-6H2,1H3,(H,11,12)(H,15,16). The normalized spacial score (nSPS) is 10.3. The molecule has 0 bridgehead atoms. The predicted octanol–water partition coefficient (Wildman–Crippen LogP) is 1.39. The molecule has 18 heavy (non-hydrogen) atoms. The van der Waals surface area contributed by atoms with Gasteiger partial charge in [0.1, 0.15) is 6.20 Å². The summed E-state index contributed by atoms with van der Waals surface area (Å²) in [6.45, 7) is 0.539. The molecule has 0 aliphatic rings. The van der Waals surface area contributed by atoms with Gasteiger partial charge < -0.3 is 10.4 Å². The Balaban J connectivity index is 2.31. The van der Waals surface area contributed by atoms with Crippen molar-refractivity contribution in [2.24, 2.45) is 7.05 Å². The van der Waals surface area contributed by atoms with E-state index >= 15 is 0 Å². The Morgan fingerprint density at radius 3 is 2.89 bits per heavy atom. The van der Waals surface area contributed by atoms with Crippen molar-refractivity contribution in [2.75, 3.05) is 11.9 Å². The summed E-state index contributed by atoms with van der Waals surface area (Å²) in [6.07, 6.45) is 3.62. The molecule has 0 aliphatic heterocycles. The predicted molar refractivity (Wildman–Crippen MR) is 64.5 cm³/mol. The maximum atomic E-state index is 10.7. The Morgan fingerprint density at radius 2 is 2.28 bits per heavy atom. The van der Waals surface area contributed by atoms with Crippen molar-refractivity contribution in [1.82, 2.24) is 9.78 Å². The molecular formula is C10H16N4O4. The van der Waals surface area contributed by atoms with Crippen molar-refractivity contribution in [2.45, 2.75) is 25.7 Å². The van der Waals surface area contributed by atoms with Gasteiger partial charge in [-0.3, -0.25) is 19.6 Å². The van der Waals surface area contributed by atoms with Gasteiger partial charge in [-0.1, -0.05) is 6.42 Å². The lowest BCUT2D eigenvalue weighted by Gasteiger charge is -2.02. The molecule has 8 heteroatoms. The smallest absolute Gasteiger partial charge is 0.330 e. The molecule has 1 aromatic rings. The number of rotatable bonds is 8. The number of carbonyl (C=O) groups is 1. The third-order valence-corrected chi connectivity index (χ3v) is 2.37. The van der Waals surface area contributed by atoms with E-state index in [0.29, 0.717) is 13.0 Å². The molecule has 2 N–H and O–H groups in total. The fourth-order valence-electron chi connectivity index (χ4n) is 1.52. The van der Waals surface area contributed by atoms with Gasteiger partial charge in [0, 0.05) is 20.0 Å². The molecule has 0 atom stereocenters. The number of anilines is 1. The van der Waals surface area contributed by atoms with Crippen LogP contribution in [0, 0.1) is 10.1 Å². The number of nitrogens with zero attached hydrogens (tertiary/aromatic N) is 3. The van der Waals surface area contributed by atoms with Crippen molar-refractivity contribution in [3.63, 3.8) is 0 Å². The van der Waals surface area contributed by atoms with Crippen LogP contribution in [-0.4, -0.2) is 32.3 Å². The first-order valence-electron chi connectivity index (χ1n) is 5.64. The summed E-state index contributed by atoms with van der Waals surface area (Å²) in [5.41, 5.74) is -0.0527. The lowest BCUT2D eigenvalue weighted by molar-refractivity contribution is -0.384. The highest BCUT2D eigenvalue weighted by atomic mass is 16.6. The van der Waals surface area contributed by atoms with Crippen LogP contribution in [-0.2, 0) is 11.8 Å². The van der Waals surface area contributed by atoms with E-state index in [1.54, 1.807) is 7.05 Å². The lowest BCUT2D eigenvalue weighted by atomic mass is 10.2. The fraction of sp³-hybridized carbons (Fsp3) is 0.600. The van der Waals surface area contributed by atoms with Crippen LogP contribution in [0.4, 0.5) is 11.5 Å². The second kappa shape index (κ2) is 6.58. The molecule has 0 aromatic carbocycles. The van der Waals surface area contributed by atoms with E-state index in [0.717, 1.165) is 12.8 Å². The Kier molecular flexibility index (Phi) is 5.09. The second-order valence-corrected chi connectivity index (χ2v) is 3.92. The van der Waals surface area contributed by atoms with Crippen molar-refractivity contribution in [3.8, 4) is 0 Å². The molecule has 0 saturated heterocycles. The number of aryl methyl sites for hydroxylation is 1. The van der Waals surface area contributed by atoms with Crippen LogP contribution in [0.1, 0.15) is 25.7 Å². The number of nitrogens with one attached hydrogen (secondary N) is 1. The molecule has 100 valence electrons. The van der Waals surface area contributed by atoms with E-state index in [9.17, 15) is 14.9 Å². The summed E-state index contributed by atoms with van der Waals surface area (Å²) in [5, 5.41) is 26.0. The number of nitro groups is 1. The van der Waals surface area contributed by atoms with E-state index in [1.165, 1.54) is 10.9 Å². The van der Waals surface area contributed by atoms with Gasteiger partial charge in [-0.05, 0) is 12.8 Å². The molecule has 1 rings (SSSR count). The zero-order chi connectivity index (χ0) is 13.5. The average molecular weight is 256 g/mol. The molecule has 0 unspecified atom stereocenters. The molecule has 1 aromatic heterocycles. The number of carboxylic acid groups (broad SMARTS) is 1. The largest absolute Gasteiger partial charge is 0.481 e. The minimum absolute atomic E-state index is 0.0527. The number of hydrogen-bond acceptors (Lipinski definition) is 5. The van der Waals surface area contributed by atoms with Crippen LogP contribution in [0.2, 0.25) is 0 Å². The summed E-state index contributed by atoms with van der Waals surface area (Å²) >= 11 is 0. The Morgan fingerprint density at radius 1 is 1.56 bits per heavy atom. The van der Waals surface area contributed by atoms with Crippen molar-refractivity contribution >= 4 is 17.5 Å². The SMILES string of the molecule is Cn1cc([N+](=O)[O-])c(NCCCCCC(=O)O)n1. The quantitative estimate of drug-likeness (QED) is 0.413. The molecule has 0 saturated carbocycles. The van der Waals surface area contributed by atoms with Gasteiger partial charge in [-0.2, -0.15) is 0 Å². The van der Waals surface area contributed by atoms with Crippen LogP contribution >= 0.6 is 0 Å². The third kappa shape index (κ3) is 4.40. The van der Waals surface area contributed by atoms with Gasteiger partial charge >= 0.3 is 11.7 Å². The van der Waals surface area contributed by atoms with Gasteiger partial charge in [0.15, 0.2) is 0 Å². The van der Waals surface area contributed by atoms with Gasteiger partial charge in [-0.25, -0.2) is 0 Å². The summed E-state index contributed by atoms with van der Waals surface area (Å²) in [5.74, 6) is -0.552. The third-order valence-electron chi connectivity index (χ3n) is 2.37. The van der Waals surface area contributed by atoms with Crippen LogP contribution in [0.3, 0.4) is 0 Å². The van der Waals surface area contributed by atoms with Crippen molar-refractivity contribution in [3.05, 3.63) is 16.3 Å². The molecule has 0 spiro atoms. The lowest BCUT2D eigenvalue weighted by Crippen LogP contribution is -2.05. The average Bonchev–Trinajstić information content (AvgIpc) is 2.64. The van der Waals surface area contributed by atoms with Gasteiger partial charge in [0.25, 0.3) is 0 Å². The first kappa shape index (κ1) is 13.9. The number of hydrogen-bond donors (Lipinski definition) is 2. The van der Waals surface area contributed by atoms with E-state index < -0.39 is 10.9 Å². The van der Waals surface area contributed by atoms with E-state index in [-0.39, 0.29) is 17.9 Å². The molecule has 0 amide bonds. The highest BCUT2D eigenvalue weighted by Crippen LogP contribution is 2.21. The Hall–Kier alpha value is -2.12. The number of aromatic nitrogens is 2. The van der Waals surface area contributed by atoms with Crippen LogP contribution < -0.4 is 5.32 Å². The minimum Gasteiger partial charge on any atom is -0.481 e. The molecule has 0 fully saturated rings. The highest BCUT2D eigenvalue weighted by molar-refractivity contribution is 5.66. The van der Waals surface area contributed by atoms with Gasteiger partial charge in [0.2, 0.25) is 5.82 Å². The van der Waals surface area contributed by atoms with Crippen LogP contribution in [0.5, 0.6) is 0 Å². The maximum Gasteiger partial charge on any atom is 0.330 e. The summed E-state index contributed by atoms with van der Waals surface area (Å²) in [4.78, 5) is 20.5. The minimum atomic E-state index is -0.802. The fourth-order valence-corrected chi connectivity index (χ4v) is 1.52. The zero-order valence-electron chi connectivity index (χ0n) is 10.1. The molecule has 8 nitrogen and oxygen atoms in total. The molecular weight excluding hydrogens is 240 g/mol. The number of unbranched alkanes of at least 4 members (excludes halogenated alkanes) is 2. The second-order valence-electron chi connectivity index (χ2n) is 3.92. The molecule has 1 heterocycles. The van der Waals surface area contributed by atoms with E-state index in [4.69, 9.17) is 5.11 Å². The molecule has 0 radical (unpaired) electrons. The van der Waals surface area contributed by atoms with Crippen LogP contribution in [0.15, 0.2) is 6.20 Å². The zero-order valence-corrected chi connectivity index (χ0v) is 10.1. The summed E-state index contributed by atoms with van der Waals surface area (Å²) < 4.78 is 1.38. The first-order chi connectivity index (χ1) is 8.50. The maximum absolute atomic E-state index is 10.7. The Bertz CT molecular complexity index is 430. The van der Waals surface area contributed by atoms with E-state index in [2.05, 4.69) is 10.4 Å². The van der Waals surface area contributed by atoms with Crippen LogP contribution in [0.25, 0.3) is 0 Å². The number of carboxylic acids is 1. The van der Waals surface area contributed by atoms with Gasteiger partial charge in [0.05, 0.1) is 4.92 Å².